The molecule has 0 saturated carbocycles. The molecule has 0 aliphatic carbocycles. The predicted molar refractivity (Wildman–Crippen MR) is 305 cm³/mol. The zero-order valence-corrected chi connectivity index (χ0v) is 46.3. The van der Waals surface area contributed by atoms with Crippen molar-refractivity contribution in [1.29, 1.82) is 0 Å². The normalized spacial score (nSPS) is 18.0. The van der Waals surface area contributed by atoms with E-state index in [2.05, 4.69) is 278 Å². The number of rotatable bonds is 13. The molecule has 6 aromatic carbocycles. The van der Waals surface area contributed by atoms with E-state index in [1.165, 1.54) is 78.9 Å². The van der Waals surface area contributed by atoms with E-state index in [0.717, 1.165) is 0 Å². The number of fused-ring (bicyclic) bond motifs is 2. The van der Waals surface area contributed by atoms with Gasteiger partial charge in [0.05, 0.1) is 22.7 Å². The standard InChI is InChI=1S/C66H86N4/c1-41(2)45(9)49-19-29-55(30-20-49)67-59-37-27-53(65(13,14)15)39-61(59)69(57-33-23-51(24-34-57)47(11)43(5)6)63(67)64-68(56-31-21-50(22-32-56)46(10)42(3)4)60-38-28-54(66(16,17)18)40-62(60)70(64)58-35-25-52(26-36-58)48(12)44(7)8/h19-48,63-64H,1-18H3. The Labute approximate surface area is 425 Å². The molecule has 8 rings (SSSR count). The molecular weight excluding hydrogens is 849 g/mol. The van der Waals surface area contributed by atoms with Gasteiger partial charge in [0.25, 0.3) is 0 Å². The average Bonchev–Trinajstić information content (AvgIpc) is 3.85. The lowest BCUT2D eigenvalue weighted by Gasteiger charge is -2.45. The lowest BCUT2D eigenvalue weighted by Crippen LogP contribution is -2.58. The summed E-state index contributed by atoms with van der Waals surface area (Å²) in [6.45, 7) is 42.2. The molecule has 2 heterocycles. The molecule has 0 amide bonds. The highest BCUT2D eigenvalue weighted by atomic mass is 15.5. The van der Waals surface area contributed by atoms with Crippen LogP contribution in [0.15, 0.2) is 133 Å². The number of benzene rings is 6. The first-order valence-electron chi connectivity index (χ1n) is 26.8. The molecule has 6 aromatic rings. The van der Waals surface area contributed by atoms with Crippen LogP contribution in [0.3, 0.4) is 0 Å². The molecule has 2 aliphatic heterocycles. The molecule has 0 radical (unpaired) electrons. The SMILES string of the molecule is CC(C)C(C)c1ccc(N2c3ccc(C(C)(C)C)cc3N(c3ccc(C(C)C(C)C)cc3)C2C2N(c3ccc(C(C)C(C)C)cc3)c3ccc(C(C)(C)C)cc3N2c2ccc(C(C)C(C)C)cc2)cc1. The van der Waals surface area contributed by atoms with Crippen molar-refractivity contribution < 1.29 is 0 Å². The minimum atomic E-state index is -0.235. The van der Waals surface area contributed by atoms with E-state index < -0.39 is 0 Å². The molecule has 0 saturated heterocycles. The summed E-state index contributed by atoms with van der Waals surface area (Å²) < 4.78 is 0. The predicted octanol–water partition coefficient (Wildman–Crippen LogP) is 19.3. The summed E-state index contributed by atoms with van der Waals surface area (Å²) in [5.74, 6) is 3.95. The Morgan fingerprint density at radius 1 is 0.286 bits per heavy atom. The second-order valence-corrected chi connectivity index (χ2v) is 24.7. The lowest BCUT2D eigenvalue weighted by atomic mass is 9.86. The van der Waals surface area contributed by atoms with Gasteiger partial charge in [-0.1, -0.05) is 185 Å². The van der Waals surface area contributed by atoms with Crippen LogP contribution in [-0.2, 0) is 10.8 Å². The highest BCUT2D eigenvalue weighted by Crippen LogP contribution is 2.57. The second-order valence-electron chi connectivity index (χ2n) is 24.7. The highest BCUT2D eigenvalue weighted by molar-refractivity contribution is 5.94. The summed E-state index contributed by atoms with van der Waals surface area (Å²) in [6.07, 6.45) is -0.470. The van der Waals surface area contributed by atoms with E-state index in [1.807, 2.05) is 0 Å². The summed E-state index contributed by atoms with van der Waals surface area (Å²) >= 11 is 0. The van der Waals surface area contributed by atoms with Crippen LogP contribution < -0.4 is 19.6 Å². The number of nitrogens with zero attached hydrogens (tertiary/aromatic N) is 4. The molecule has 6 atom stereocenters. The molecule has 0 bridgehead atoms. The van der Waals surface area contributed by atoms with E-state index in [1.54, 1.807) is 0 Å². The van der Waals surface area contributed by atoms with E-state index in [4.69, 9.17) is 0 Å². The molecule has 0 fully saturated rings. The van der Waals surface area contributed by atoms with Crippen molar-refractivity contribution in [2.45, 2.75) is 171 Å². The van der Waals surface area contributed by atoms with Gasteiger partial charge in [0.15, 0.2) is 12.3 Å². The summed E-state index contributed by atoms with van der Waals surface area (Å²) in [5.41, 5.74) is 17.7. The maximum Gasteiger partial charge on any atom is 0.151 e. The monoisotopic (exact) mass is 935 g/mol. The molecule has 0 spiro atoms. The first-order chi connectivity index (χ1) is 33.0. The van der Waals surface area contributed by atoms with Crippen molar-refractivity contribution >= 4 is 45.5 Å². The first kappa shape index (κ1) is 50.9. The van der Waals surface area contributed by atoms with Crippen LogP contribution in [-0.4, -0.2) is 12.3 Å². The van der Waals surface area contributed by atoms with Crippen LogP contribution in [0.5, 0.6) is 0 Å². The Balaban J connectivity index is 1.47. The first-order valence-corrected chi connectivity index (χ1v) is 26.8. The maximum atomic E-state index is 2.70. The lowest BCUT2D eigenvalue weighted by molar-refractivity contribution is 0.532. The highest BCUT2D eigenvalue weighted by Gasteiger charge is 2.52. The maximum absolute atomic E-state index is 2.70. The van der Waals surface area contributed by atoms with Crippen LogP contribution >= 0.6 is 0 Å². The van der Waals surface area contributed by atoms with Crippen LogP contribution in [0, 0.1) is 23.7 Å². The molecule has 4 nitrogen and oxygen atoms in total. The fraction of sp³-hybridized carbons (Fsp3) is 0.455. The van der Waals surface area contributed by atoms with Crippen LogP contribution in [0.2, 0.25) is 0 Å². The van der Waals surface area contributed by atoms with Crippen molar-refractivity contribution in [2.24, 2.45) is 23.7 Å². The van der Waals surface area contributed by atoms with Gasteiger partial charge in [0, 0.05) is 22.7 Å². The van der Waals surface area contributed by atoms with Crippen molar-refractivity contribution in [3.05, 3.63) is 167 Å². The Hall–Kier alpha value is -5.48. The Morgan fingerprint density at radius 2 is 0.500 bits per heavy atom. The van der Waals surface area contributed by atoms with Crippen LogP contribution in [0.4, 0.5) is 45.5 Å². The molecule has 6 unspecified atom stereocenters. The average molecular weight is 935 g/mol. The molecule has 70 heavy (non-hydrogen) atoms. The van der Waals surface area contributed by atoms with Crippen LogP contribution in [0.1, 0.15) is 182 Å². The summed E-state index contributed by atoms with van der Waals surface area (Å²) in [7, 11) is 0. The molecular formula is C66H86N4. The third-order valence-electron chi connectivity index (χ3n) is 16.8. The third-order valence-corrected chi connectivity index (χ3v) is 16.8. The number of hydrogen-bond donors (Lipinski definition) is 0. The van der Waals surface area contributed by atoms with Crippen molar-refractivity contribution in [3.8, 4) is 0 Å². The van der Waals surface area contributed by atoms with Gasteiger partial charge in [-0.05, 0) is 164 Å². The smallest absolute Gasteiger partial charge is 0.151 e. The Kier molecular flexibility index (Phi) is 14.3. The second kappa shape index (κ2) is 19.6. The topological polar surface area (TPSA) is 13.0 Å². The van der Waals surface area contributed by atoms with Gasteiger partial charge >= 0.3 is 0 Å². The zero-order valence-electron chi connectivity index (χ0n) is 46.3. The molecule has 4 heteroatoms. The quantitative estimate of drug-likeness (QED) is 0.114. The van der Waals surface area contributed by atoms with E-state index in [9.17, 15) is 0 Å². The van der Waals surface area contributed by atoms with Crippen molar-refractivity contribution in [1.82, 2.24) is 0 Å². The van der Waals surface area contributed by atoms with Gasteiger partial charge in [-0.25, -0.2) is 0 Å². The fourth-order valence-electron chi connectivity index (χ4n) is 10.6. The minimum Gasteiger partial charge on any atom is -0.314 e. The largest absolute Gasteiger partial charge is 0.314 e. The zero-order chi connectivity index (χ0) is 50.7. The minimum absolute atomic E-state index is 0.0520. The van der Waals surface area contributed by atoms with Crippen molar-refractivity contribution in [2.75, 3.05) is 19.6 Å². The van der Waals surface area contributed by atoms with Gasteiger partial charge in [0.2, 0.25) is 0 Å². The third kappa shape index (κ3) is 9.66. The van der Waals surface area contributed by atoms with E-state index >= 15 is 0 Å². The molecule has 370 valence electrons. The van der Waals surface area contributed by atoms with Gasteiger partial charge in [0.1, 0.15) is 0 Å². The van der Waals surface area contributed by atoms with Gasteiger partial charge in [-0.2, -0.15) is 0 Å². The molecule has 2 aliphatic rings. The number of hydrogen-bond acceptors (Lipinski definition) is 4. The summed E-state index contributed by atoms with van der Waals surface area (Å²) in [4.78, 5) is 10.8. The Morgan fingerprint density at radius 3 is 0.700 bits per heavy atom. The van der Waals surface area contributed by atoms with Crippen LogP contribution in [0.25, 0.3) is 0 Å². The van der Waals surface area contributed by atoms with Gasteiger partial charge in [-0.15, -0.1) is 0 Å². The van der Waals surface area contributed by atoms with E-state index in [-0.39, 0.29) is 23.2 Å². The summed E-state index contributed by atoms with van der Waals surface area (Å²) in [5, 5.41) is 0. The van der Waals surface area contributed by atoms with E-state index in [0.29, 0.717) is 47.3 Å². The Bertz CT molecular complexity index is 2520. The van der Waals surface area contributed by atoms with Gasteiger partial charge < -0.3 is 19.6 Å². The van der Waals surface area contributed by atoms with Gasteiger partial charge in [-0.3, -0.25) is 0 Å². The fourth-order valence-corrected chi connectivity index (χ4v) is 10.6. The summed E-state index contributed by atoms with van der Waals surface area (Å²) in [6, 6.07) is 53.0. The number of anilines is 8. The molecule has 0 N–H and O–H groups in total. The molecule has 0 aromatic heterocycles. The van der Waals surface area contributed by atoms with Crippen molar-refractivity contribution in [3.63, 3.8) is 0 Å².